The topological polar surface area (TPSA) is 70.1 Å². The van der Waals surface area contributed by atoms with Gasteiger partial charge >= 0.3 is 0 Å². The molecule has 0 atom stereocenters. The summed E-state index contributed by atoms with van der Waals surface area (Å²) in [6.07, 6.45) is 6.27. The van der Waals surface area contributed by atoms with Gasteiger partial charge in [-0.3, -0.25) is 9.59 Å². The Hall–Kier alpha value is -3.84. The summed E-state index contributed by atoms with van der Waals surface area (Å²) in [4.78, 5) is 31.8. The molecule has 0 unspecified atom stereocenters. The summed E-state index contributed by atoms with van der Waals surface area (Å²) >= 11 is 1.51. The second-order valence-electron chi connectivity index (χ2n) is 9.35. The monoisotopic (exact) mass is 496 g/mol. The number of fused-ring (bicyclic) bond motifs is 2. The molecule has 1 aliphatic heterocycles. The van der Waals surface area contributed by atoms with Gasteiger partial charge in [0.15, 0.2) is 0 Å². The van der Waals surface area contributed by atoms with Gasteiger partial charge in [0.25, 0.3) is 5.91 Å². The number of carbonyl (C=O) groups excluding carboxylic acids is 2. The summed E-state index contributed by atoms with van der Waals surface area (Å²) in [7, 11) is 0. The van der Waals surface area contributed by atoms with Gasteiger partial charge in [-0.1, -0.05) is 36.4 Å². The summed E-state index contributed by atoms with van der Waals surface area (Å²) in [6.45, 7) is 1.84. The lowest BCUT2D eigenvalue weighted by atomic mass is 9.95. The van der Waals surface area contributed by atoms with E-state index in [1.165, 1.54) is 27.7 Å². The smallest absolute Gasteiger partial charge is 0.263 e. The van der Waals surface area contributed by atoms with Gasteiger partial charge in [0.1, 0.15) is 5.00 Å². The van der Waals surface area contributed by atoms with E-state index >= 15 is 0 Å². The number of H-pyrrole nitrogens is 1. The maximum Gasteiger partial charge on any atom is 0.263 e. The minimum Gasteiger partial charge on any atom is -0.361 e. The Balaban J connectivity index is 1.02. The minimum atomic E-state index is -0.0397. The number of benzene rings is 2. The molecule has 3 aromatic heterocycles. The largest absolute Gasteiger partial charge is 0.361 e. The highest BCUT2D eigenvalue weighted by Gasteiger charge is 2.28. The fraction of sp³-hybridized carbons (Fsp3) is 0.241. The van der Waals surface area contributed by atoms with E-state index in [1.807, 2.05) is 53.7 Å². The average Bonchev–Trinajstić information content (AvgIpc) is 3.67. The molecule has 0 saturated carbocycles. The van der Waals surface area contributed by atoms with E-state index in [0.29, 0.717) is 32.5 Å². The molecule has 1 fully saturated rings. The van der Waals surface area contributed by atoms with E-state index in [-0.39, 0.29) is 17.7 Å². The van der Waals surface area contributed by atoms with Crippen molar-refractivity contribution in [2.75, 3.05) is 19.6 Å². The maximum absolute atomic E-state index is 13.2. The van der Waals surface area contributed by atoms with Gasteiger partial charge in [-0.25, -0.2) is 0 Å². The maximum atomic E-state index is 13.2. The molecule has 0 aliphatic carbocycles. The number of piperidine rings is 1. The lowest BCUT2D eigenvalue weighted by Gasteiger charge is -2.31. The number of hydrogen-bond donors (Lipinski definition) is 2. The Morgan fingerprint density at radius 1 is 0.972 bits per heavy atom. The van der Waals surface area contributed by atoms with Crippen LogP contribution >= 0.6 is 11.3 Å². The van der Waals surface area contributed by atoms with E-state index in [0.717, 1.165) is 27.3 Å². The van der Waals surface area contributed by atoms with Gasteiger partial charge in [-0.05, 0) is 60.5 Å². The second-order valence-corrected chi connectivity index (χ2v) is 10.4. The van der Waals surface area contributed by atoms with E-state index in [2.05, 4.69) is 45.2 Å². The molecule has 2 amide bonds. The van der Waals surface area contributed by atoms with Crippen LogP contribution in [0.4, 0.5) is 0 Å². The highest BCUT2D eigenvalue weighted by atomic mass is 32.1. The van der Waals surface area contributed by atoms with Gasteiger partial charge in [0.05, 0.1) is 10.4 Å². The van der Waals surface area contributed by atoms with Crippen LogP contribution in [0.15, 0.2) is 79.1 Å². The first-order chi connectivity index (χ1) is 17.7. The first-order valence-corrected chi connectivity index (χ1v) is 13.3. The molecule has 1 saturated heterocycles. The molecule has 6 rings (SSSR count). The number of rotatable bonds is 6. The Kier molecular flexibility index (Phi) is 6.07. The Bertz CT molecular complexity index is 1540. The summed E-state index contributed by atoms with van der Waals surface area (Å²) in [6, 6.07) is 22.5. The third kappa shape index (κ3) is 4.31. The standard InChI is InChI=1S/C29H28N4O2S/c34-28(30-15-11-22-19-31-24-7-3-2-6-23(22)24)21-12-16-32(17-13-21)29(35)26-9-10-27(36-26)33-18-14-20-5-1-4-8-25(20)33/h1-10,14,18-19,21,31H,11-13,15-17H2,(H,30,34). The average molecular weight is 497 g/mol. The van der Waals surface area contributed by atoms with Crippen LogP contribution in [0.2, 0.25) is 0 Å². The van der Waals surface area contributed by atoms with Crippen molar-refractivity contribution < 1.29 is 9.59 Å². The van der Waals surface area contributed by atoms with Crippen molar-refractivity contribution in [2.24, 2.45) is 5.92 Å². The zero-order chi connectivity index (χ0) is 24.5. The minimum absolute atomic E-state index is 0.0397. The molecule has 0 spiro atoms. The highest BCUT2D eigenvalue weighted by Crippen LogP contribution is 2.28. The van der Waals surface area contributed by atoms with E-state index in [1.54, 1.807) is 0 Å². The third-order valence-corrected chi connectivity index (χ3v) is 8.23. The van der Waals surface area contributed by atoms with Crippen molar-refractivity contribution in [3.8, 4) is 5.00 Å². The number of aromatic amines is 1. The number of nitrogens with one attached hydrogen (secondary N) is 2. The fourth-order valence-corrected chi connectivity index (χ4v) is 6.12. The van der Waals surface area contributed by atoms with Gasteiger partial charge in [0, 0.05) is 48.8 Å². The Morgan fingerprint density at radius 2 is 1.78 bits per heavy atom. The van der Waals surface area contributed by atoms with Crippen LogP contribution in [0, 0.1) is 5.92 Å². The van der Waals surface area contributed by atoms with Gasteiger partial charge in [0.2, 0.25) is 5.91 Å². The highest BCUT2D eigenvalue weighted by molar-refractivity contribution is 7.16. The fourth-order valence-electron chi connectivity index (χ4n) is 5.15. The number of carbonyl (C=O) groups is 2. The first kappa shape index (κ1) is 22.6. The molecule has 7 heteroatoms. The van der Waals surface area contributed by atoms with Crippen molar-refractivity contribution in [3.05, 3.63) is 89.6 Å². The molecule has 2 aromatic carbocycles. The molecular weight excluding hydrogens is 468 g/mol. The predicted molar refractivity (Wildman–Crippen MR) is 145 cm³/mol. The molecule has 36 heavy (non-hydrogen) atoms. The van der Waals surface area contributed by atoms with E-state index < -0.39 is 0 Å². The molecule has 6 nitrogen and oxygen atoms in total. The van der Waals surface area contributed by atoms with Crippen molar-refractivity contribution in [2.45, 2.75) is 19.3 Å². The molecule has 1 aliphatic rings. The molecular formula is C29H28N4O2S. The zero-order valence-corrected chi connectivity index (χ0v) is 20.8. The Morgan fingerprint density at radius 3 is 2.67 bits per heavy atom. The third-order valence-electron chi connectivity index (χ3n) is 7.16. The van der Waals surface area contributed by atoms with Gasteiger partial charge in [-0.2, -0.15) is 0 Å². The number of hydrogen-bond acceptors (Lipinski definition) is 3. The summed E-state index contributed by atoms with van der Waals surface area (Å²) in [5, 5.41) is 6.53. The van der Waals surface area contributed by atoms with Crippen LogP contribution in [0.3, 0.4) is 0 Å². The summed E-state index contributed by atoms with van der Waals surface area (Å²) in [5.41, 5.74) is 3.47. The number of amides is 2. The lowest BCUT2D eigenvalue weighted by Crippen LogP contribution is -2.43. The molecule has 0 radical (unpaired) electrons. The summed E-state index contributed by atoms with van der Waals surface area (Å²) in [5.74, 6) is 0.114. The van der Waals surface area contributed by atoms with Crippen LogP contribution in [0.1, 0.15) is 28.1 Å². The van der Waals surface area contributed by atoms with E-state index in [4.69, 9.17) is 0 Å². The van der Waals surface area contributed by atoms with Crippen molar-refractivity contribution in [1.82, 2.24) is 19.8 Å². The van der Waals surface area contributed by atoms with Crippen LogP contribution in [0.25, 0.3) is 26.8 Å². The number of likely N-dealkylation sites (tertiary alicyclic amines) is 1. The zero-order valence-electron chi connectivity index (χ0n) is 19.9. The molecule has 0 bridgehead atoms. The Labute approximate surface area is 213 Å². The summed E-state index contributed by atoms with van der Waals surface area (Å²) < 4.78 is 2.13. The van der Waals surface area contributed by atoms with Crippen LogP contribution in [-0.2, 0) is 11.2 Å². The predicted octanol–water partition coefficient (Wildman–Crippen LogP) is 5.38. The normalized spacial score (nSPS) is 14.5. The quantitative estimate of drug-likeness (QED) is 0.331. The first-order valence-electron chi connectivity index (χ1n) is 12.5. The van der Waals surface area contributed by atoms with Crippen LogP contribution < -0.4 is 5.32 Å². The van der Waals surface area contributed by atoms with Crippen LogP contribution in [-0.4, -0.2) is 45.9 Å². The van der Waals surface area contributed by atoms with Crippen molar-refractivity contribution in [1.29, 1.82) is 0 Å². The van der Waals surface area contributed by atoms with Gasteiger partial charge in [-0.15, -0.1) is 11.3 Å². The molecule has 5 aromatic rings. The van der Waals surface area contributed by atoms with Crippen molar-refractivity contribution in [3.63, 3.8) is 0 Å². The number of thiophene rings is 1. The number of aromatic nitrogens is 2. The van der Waals surface area contributed by atoms with E-state index in [9.17, 15) is 9.59 Å². The lowest BCUT2D eigenvalue weighted by molar-refractivity contribution is -0.126. The molecule has 4 heterocycles. The van der Waals surface area contributed by atoms with Crippen LogP contribution in [0.5, 0.6) is 0 Å². The number of nitrogens with zero attached hydrogens (tertiary/aromatic N) is 2. The number of para-hydroxylation sites is 2. The van der Waals surface area contributed by atoms with Gasteiger partial charge < -0.3 is 19.8 Å². The van der Waals surface area contributed by atoms with Crippen molar-refractivity contribution >= 4 is 45.0 Å². The molecule has 2 N–H and O–H groups in total. The SMILES string of the molecule is O=C(NCCc1c[nH]c2ccccc12)C1CCN(C(=O)c2ccc(-n3ccc4ccccc43)s2)CC1. The molecule has 182 valence electrons. The second kappa shape index (κ2) is 9.66.